The van der Waals surface area contributed by atoms with Gasteiger partial charge >= 0.3 is 0 Å². The number of ether oxygens (including phenoxy) is 1. The topological polar surface area (TPSA) is 29.5 Å². The minimum absolute atomic E-state index is 0.124. The number of fused-ring (bicyclic) bond motifs is 1. The van der Waals surface area contributed by atoms with Gasteiger partial charge in [0.25, 0.3) is 0 Å². The van der Waals surface area contributed by atoms with Gasteiger partial charge in [0, 0.05) is 17.0 Å². The van der Waals surface area contributed by atoms with E-state index in [-0.39, 0.29) is 6.10 Å². The summed E-state index contributed by atoms with van der Waals surface area (Å²) in [6, 6.07) is 5.38. The van der Waals surface area contributed by atoms with Crippen molar-refractivity contribution >= 4 is 11.6 Å². The molecule has 0 aliphatic carbocycles. The highest BCUT2D eigenvalue weighted by Gasteiger charge is 2.25. The molecule has 0 radical (unpaired) electrons. The maximum Gasteiger partial charge on any atom is 0.125 e. The SMILES string of the molecule is CCC1C[C@H](O)c2cc(Cl)ccc2O1. The Bertz CT molecular complexity index is 338. The Labute approximate surface area is 88.5 Å². The minimum atomic E-state index is -0.442. The van der Waals surface area contributed by atoms with Crippen LogP contribution in [0.25, 0.3) is 0 Å². The monoisotopic (exact) mass is 212 g/mol. The van der Waals surface area contributed by atoms with Crippen molar-refractivity contribution < 1.29 is 9.84 Å². The normalized spacial score (nSPS) is 25.4. The molecule has 1 N–H and O–H groups in total. The van der Waals surface area contributed by atoms with Gasteiger partial charge in [0.05, 0.1) is 6.10 Å². The molecule has 76 valence electrons. The van der Waals surface area contributed by atoms with Crippen LogP contribution < -0.4 is 4.74 Å². The molecule has 2 atom stereocenters. The molecule has 2 rings (SSSR count). The van der Waals surface area contributed by atoms with Crippen LogP contribution in [0.15, 0.2) is 18.2 Å². The predicted molar refractivity (Wildman–Crippen MR) is 55.7 cm³/mol. The smallest absolute Gasteiger partial charge is 0.125 e. The van der Waals surface area contributed by atoms with E-state index in [0.717, 1.165) is 17.7 Å². The molecule has 3 heteroatoms. The second-order valence-corrected chi connectivity index (χ2v) is 4.02. The van der Waals surface area contributed by atoms with Gasteiger partial charge in [-0.3, -0.25) is 0 Å². The lowest BCUT2D eigenvalue weighted by Gasteiger charge is -2.29. The van der Waals surface area contributed by atoms with Gasteiger partial charge < -0.3 is 9.84 Å². The van der Waals surface area contributed by atoms with Gasteiger partial charge in [0.2, 0.25) is 0 Å². The quantitative estimate of drug-likeness (QED) is 0.776. The van der Waals surface area contributed by atoms with Crippen molar-refractivity contribution in [3.63, 3.8) is 0 Å². The van der Waals surface area contributed by atoms with Crippen molar-refractivity contribution in [3.8, 4) is 5.75 Å². The summed E-state index contributed by atoms with van der Waals surface area (Å²) in [5.41, 5.74) is 0.808. The largest absolute Gasteiger partial charge is 0.490 e. The van der Waals surface area contributed by atoms with Crippen LogP contribution in [0.1, 0.15) is 31.4 Å². The summed E-state index contributed by atoms with van der Waals surface area (Å²) in [7, 11) is 0. The third kappa shape index (κ3) is 1.72. The van der Waals surface area contributed by atoms with E-state index in [0.29, 0.717) is 11.4 Å². The number of halogens is 1. The second kappa shape index (κ2) is 3.79. The number of rotatable bonds is 1. The molecule has 0 bridgehead atoms. The van der Waals surface area contributed by atoms with Crippen molar-refractivity contribution in [1.82, 2.24) is 0 Å². The molecule has 2 nitrogen and oxygen atoms in total. The maximum absolute atomic E-state index is 9.85. The van der Waals surface area contributed by atoms with Crippen molar-refractivity contribution in [2.45, 2.75) is 32.0 Å². The number of hydrogen-bond acceptors (Lipinski definition) is 2. The summed E-state index contributed by atoms with van der Waals surface area (Å²) in [4.78, 5) is 0. The van der Waals surface area contributed by atoms with Crippen molar-refractivity contribution in [2.24, 2.45) is 0 Å². The van der Waals surface area contributed by atoms with Crippen LogP contribution in [0.2, 0.25) is 5.02 Å². The number of aliphatic hydroxyl groups excluding tert-OH is 1. The first-order chi connectivity index (χ1) is 6.70. The van der Waals surface area contributed by atoms with Crippen LogP contribution in [-0.4, -0.2) is 11.2 Å². The first-order valence-electron chi connectivity index (χ1n) is 4.85. The summed E-state index contributed by atoms with van der Waals surface area (Å²) in [5.74, 6) is 0.764. The summed E-state index contributed by atoms with van der Waals surface area (Å²) in [6.07, 6.45) is 1.25. The van der Waals surface area contributed by atoms with Crippen LogP contribution in [0, 0.1) is 0 Å². The average molecular weight is 213 g/mol. The lowest BCUT2D eigenvalue weighted by molar-refractivity contribution is 0.0643. The van der Waals surface area contributed by atoms with Gasteiger partial charge in [-0.15, -0.1) is 0 Å². The molecule has 1 aliphatic rings. The highest BCUT2D eigenvalue weighted by molar-refractivity contribution is 6.30. The predicted octanol–water partition coefficient (Wildman–Crippen LogP) is 2.93. The Kier molecular flexibility index (Phi) is 2.66. The zero-order chi connectivity index (χ0) is 10.1. The molecule has 0 spiro atoms. The van der Waals surface area contributed by atoms with E-state index in [1.54, 1.807) is 12.1 Å². The summed E-state index contributed by atoms with van der Waals surface area (Å²) < 4.78 is 5.69. The third-order valence-electron chi connectivity index (χ3n) is 2.57. The molecule has 1 heterocycles. The van der Waals surface area contributed by atoms with Crippen molar-refractivity contribution in [2.75, 3.05) is 0 Å². The summed E-state index contributed by atoms with van der Waals surface area (Å²) >= 11 is 5.85. The van der Waals surface area contributed by atoms with Gasteiger partial charge in [0.15, 0.2) is 0 Å². The molecular formula is C11H13ClO2. The summed E-state index contributed by atoms with van der Waals surface area (Å²) in [6.45, 7) is 2.05. The Morgan fingerprint density at radius 1 is 1.57 bits per heavy atom. The van der Waals surface area contributed by atoms with Crippen molar-refractivity contribution in [3.05, 3.63) is 28.8 Å². The van der Waals surface area contributed by atoms with E-state index >= 15 is 0 Å². The molecule has 1 aromatic carbocycles. The Morgan fingerprint density at radius 3 is 3.07 bits per heavy atom. The van der Waals surface area contributed by atoms with E-state index in [2.05, 4.69) is 6.92 Å². The highest BCUT2D eigenvalue weighted by atomic mass is 35.5. The molecule has 0 saturated carbocycles. The minimum Gasteiger partial charge on any atom is -0.490 e. The fraction of sp³-hybridized carbons (Fsp3) is 0.455. The van der Waals surface area contributed by atoms with Gasteiger partial charge in [-0.1, -0.05) is 18.5 Å². The molecule has 1 aliphatic heterocycles. The van der Waals surface area contributed by atoms with E-state index in [4.69, 9.17) is 16.3 Å². The van der Waals surface area contributed by atoms with Crippen LogP contribution in [0.5, 0.6) is 5.75 Å². The van der Waals surface area contributed by atoms with E-state index in [9.17, 15) is 5.11 Å². The van der Waals surface area contributed by atoms with E-state index in [1.807, 2.05) is 6.07 Å². The molecule has 14 heavy (non-hydrogen) atoms. The molecule has 1 unspecified atom stereocenters. The van der Waals surface area contributed by atoms with E-state index in [1.165, 1.54) is 0 Å². The fourth-order valence-corrected chi connectivity index (χ4v) is 1.92. The van der Waals surface area contributed by atoms with Crippen LogP contribution in [-0.2, 0) is 0 Å². The molecule has 0 saturated heterocycles. The Balaban J connectivity index is 2.35. The van der Waals surface area contributed by atoms with Crippen LogP contribution >= 0.6 is 11.6 Å². The zero-order valence-electron chi connectivity index (χ0n) is 8.03. The first kappa shape index (κ1) is 9.81. The first-order valence-corrected chi connectivity index (χ1v) is 5.22. The molecule has 0 amide bonds. The third-order valence-corrected chi connectivity index (χ3v) is 2.80. The van der Waals surface area contributed by atoms with Crippen LogP contribution in [0.4, 0.5) is 0 Å². The fourth-order valence-electron chi connectivity index (χ4n) is 1.74. The molecule has 0 aromatic heterocycles. The van der Waals surface area contributed by atoms with Gasteiger partial charge in [-0.25, -0.2) is 0 Å². The molecular weight excluding hydrogens is 200 g/mol. The number of benzene rings is 1. The zero-order valence-corrected chi connectivity index (χ0v) is 8.79. The van der Waals surface area contributed by atoms with Gasteiger partial charge in [-0.05, 0) is 24.6 Å². The van der Waals surface area contributed by atoms with Crippen molar-refractivity contribution in [1.29, 1.82) is 0 Å². The van der Waals surface area contributed by atoms with E-state index < -0.39 is 6.10 Å². The maximum atomic E-state index is 9.85. The molecule has 1 aromatic rings. The molecule has 0 fully saturated rings. The lowest BCUT2D eigenvalue weighted by Crippen LogP contribution is -2.24. The van der Waals surface area contributed by atoms with Crippen LogP contribution in [0.3, 0.4) is 0 Å². The second-order valence-electron chi connectivity index (χ2n) is 3.58. The average Bonchev–Trinajstić information content (AvgIpc) is 2.19. The summed E-state index contributed by atoms with van der Waals surface area (Å²) in [5, 5.41) is 10.5. The standard InChI is InChI=1S/C11H13ClO2/c1-2-8-6-10(13)9-5-7(12)3-4-11(9)14-8/h3-5,8,10,13H,2,6H2,1H3/t8?,10-/m0/s1. The van der Waals surface area contributed by atoms with Gasteiger partial charge in [0.1, 0.15) is 11.9 Å². The number of aliphatic hydroxyl groups is 1. The Hall–Kier alpha value is -0.730. The lowest BCUT2D eigenvalue weighted by atomic mass is 9.98. The Morgan fingerprint density at radius 2 is 2.36 bits per heavy atom. The van der Waals surface area contributed by atoms with Gasteiger partial charge in [-0.2, -0.15) is 0 Å². The highest BCUT2D eigenvalue weighted by Crippen LogP contribution is 2.36. The number of hydrogen-bond donors (Lipinski definition) is 1.